The van der Waals surface area contributed by atoms with E-state index in [1.165, 1.54) is 12.1 Å². The lowest BCUT2D eigenvalue weighted by molar-refractivity contribution is -0.154. The molecule has 1 heterocycles. The number of hydrogen-bond donors (Lipinski definition) is 0. The van der Waals surface area contributed by atoms with Crippen molar-refractivity contribution < 1.29 is 17.9 Å². The molecule has 0 bridgehead atoms. The largest absolute Gasteiger partial charge is 0.467 e. The van der Waals surface area contributed by atoms with Crippen molar-refractivity contribution in [2.75, 3.05) is 6.61 Å². The van der Waals surface area contributed by atoms with E-state index in [1.807, 2.05) is 0 Å². The number of halogens is 5. The molecule has 0 fully saturated rings. The molecule has 0 aliphatic rings. The Labute approximate surface area is 122 Å². The van der Waals surface area contributed by atoms with E-state index < -0.39 is 12.8 Å². The van der Waals surface area contributed by atoms with E-state index >= 15 is 0 Å². The molecule has 106 valence electrons. The van der Waals surface area contributed by atoms with Gasteiger partial charge < -0.3 is 4.74 Å². The van der Waals surface area contributed by atoms with Gasteiger partial charge in [-0.25, -0.2) is 0 Å². The highest BCUT2D eigenvalue weighted by Gasteiger charge is 2.28. The van der Waals surface area contributed by atoms with Crippen LogP contribution in [0.4, 0.5) is 13.2 Å². The number of hydrogen-bond acceptors (Lipinski definition) is 3. The first-order chi connectivity index (χ1) is 9.35. The molecule has 0 saturated heterocycles. The molecule has 0 atom stereocenters. The maximum atomic E-state index is 12.0. The summed E-state index contributed by atoms with van der Waals surface area (Å²) in [6.07, 6.45) is -4.41. The summed E-state index contributed by atoms with van der Waals surface area (Å²) in [6, 6.07) is 7.64. The molecular weight excluding hydrogens is 316 g/mol. The fraction of sp³-hybridized carbons (Fsp3) is 0.167. The number of benzene rings is 1. The van der Waals surface area contributed by atoms with Crippen molar-refractivity contribution in [2.45, 2.75) is 6.18 Å². The normalized spacial score (nSPS) is 11.4. The Kier molecular flexibility index (Phi) is 4.35. The fourth-order valence-electron chi connectivity index (χ4n) is 1.36. The van der Waals surface area contributed by atoms with Crippen molar-refractivity contribution in [3.05, 3.63) is 40.4 Å². The SMILES string of the molecule is FC(F)(F)COc1ccc(-c2ccc(Cl)c(Cl)c2)nn1. The van der Waals surface area contributed by atoms with Gasteiger partial charge in [0.2, 0.25) is 5.88 Å². The van der Waals surface area contributed by atoms with Crippen LogP contribution in [-0.2, 0) is 0 Å². The van der Waals surface area contributed by atoms with Crippen LogP contribution in [0.25, 0.3) is 11.3 Å². The zero-order valence-corrected chi connectivity index (χ0v) is 11.3. The molecule has 0 spiro atoms. The molecule has 1 aromatic carbocycles. The van der Waals surface area contributed by atoms with Gasteiger partial charge in [-0.3, -0.25) is 0 Å². The van der Waals surface area contributed by atoms with Crippen LogP contribution < -0.4 is 4.74 Å². The third-order valence-electron chi connectivity index (χ3n) is 2.24. The van der Waals surface area contributed by atoms with Crippen LogP contribution >= 0.6 is 23.2 Å². The number of aromatic nitrogens is 2. The first kappa shape index (κ1) is 14.9. The Morgan fingerprint density at radius 3 is 2.30 bits per heavy atom. The van der Waals surface area contributed by atoms with Crippen molar-refractivity contribution in [1.29, 1.82) is 0 Å². The summed E-state index contributed by atoms with van der Waals surface area (Å²) in [5.41, 5.74) is 1.09. The predicted molar refractivity (Wildman–Crippen MR) is 69.0 cm³/mol. The zero-order chi connectivity index (χ0) is 14.8. The highest BCUT2D eigenvalue weighted by atomic mass is 35.5. The Hall–Kier alpha value is -1.53. The standard InChI is InChI=1S/C12H7Cl2F3N2O/c13-8-2-1-7(5-9(8)14)10-3-4-11(19-18-10)20-6-12(15,16)17/h1-5H,6H2. The second-order valence-electron chi connectivity index (χ2n) is 3.79. The van der Waals surface area contributed by atoms with Gasteiger partial charge in [-0.2, -0.15) is 13.2 Å². The molecule has 2 rings (SSSR count). The van der Waals surface area contributed by atoms with Crippen molar-refractivity contribution >= 4 is 23.2 Å². The van der Waals surface area contributed by atoms with Gasteiger partial charge in [0, 0.05) is 11.6 Å². The summed E-state index contributed by atoms with van der Waals surface area (Å²) in [5, 5.41) is 8.09. The number of nitrogens with zero attached hydrogens (tertiary/aromatic N) is 2. The molecule has 0 amide bonds. The summed E-state index contributed by atoms with van der Waals surface area (Å²) in [7, 11) is 0. The molecule has 0 aliphatic heterocycles. The summed E-state index contributed by atoms with van der Waals surface area (Å²) in [4.78, 5) is 0. The quantitative estimate of drug-likeness (QED) is 0.840. The van der Waals surface area contributed by atoms with Crippen LogP contribution in [0, 0.1) is 0 Å². The lowest BCUT2D eigenvalue weighted by Crippen LogP contribution is -2.19. The first-order valence-corrected chi connectivity index (χ1v) is 6.09. The molecular formula is C12H7Cl2F3N2O. The van der Waals surface area contributed by atoms with Crippen molar-refractivity contribution in [1.82, 2.24) is 10.2 Å². The number of rotatable bonds is 3. The highest BCUT2D eigenvalue weighted by molar-refractivity contribution is 6.42. The first-order valence-electron chi connectivity index (χ1n) is 5.34. The topological polar surface area (TPSA) is 35.0 Å². The Morgan fingerprint density at radius 1 is 1.00 bits per heavy atom. The van der Waals surface area contributed by atoms with Crippen molar-refractivity contribution in [2.24, 2.45) is 0 Å². The van der Waals surface area contributed by atoms with Gasteiger partial charge in [0.25, 0.3) is 0 Å². The van der Waals surface area contributed by atoms with Crippen LogP contribution in [0.2, 0.25) is 10.0 Å². The minimum atomic E-state index is -4.41. The Balaban J connectivity index is 2.13. The van der Waals surface area contributed by atoms with Gasteiger partial charge in [-0.15, -0.1) is 10.2 Å². The monoisotopic (exact) mass is 322 g/mol. The predicted octanol–water partition coefficient (Wildman–Crippen LogP) is 4.39. The minimum absolute atomic E-state index is 0.203. The van der Waals surface area contributed by atoms with E-state index in [9.17, 15) is 13.2 Å². The molecule has 2 aromatic rings. The fourth-order valence-corrected chi connectivity index (χ4v) is 1.66. The van der Waals surface area contributed by atoms with E-state index in [0.717, 1.165) is 0 Å². The van der Waals surface area contributed by atoms with Crippen LogP contribution in [-0.4, -0.2) is 23.0 Å². The maximum absolute atomic E-state index is 12.0. The van der Waals surface area contributed by atoms with Gasteiger partial charge in [0.05, 0.1) is 15.7 Å². The van der Waals surface area contributed by atoms with Crippen molar-refractivity contribution in [3.63, 3.8) is 0 Å². The summed E-state index contributed by atoms with van der Waals surface area (Å²) in [5.74, 6) is -0.203. The molecule has 0 radical (unpaired) electrons. The molecule has 0 aliphatic carbocycles. The van der Waals surface area contributed by atoms with Gasteiger partial charge in [0.1, 0.15) is 0 Å². The van der Waals surface area contributed by atoms with Gasteiger partial charge >= 0.3 is 6.18 Å². The van der Waals surface area contributed by atoms with E-state index in [4.69, 9.17) is 23.2 Å². The van der Waals surface area contributed by atoms with Crippen molar-refractivity contribution in [3.8, 4) is 17.1 Å². The molecule has 0 N–H and O–H groups in total. The maximum Gasteiger partial charge on any atom is 0.422 e. The minimum Gasteiger partial charge on any atom is -0.467 e. The third-order valence-corrected chi connectivity index (χ3v) is 2.98. The van der Waals surface area contributed by atoms with Crippen LogP contribution in [0.15, 0.2) is 30.3 Å². The Morgan fingerprint density at radius 2 is 1.75 bits per heavy atom. The molecule has 1 aromatic heterocycles. The molecule has 8 heteroatoms. The second-order valence-corrected chi connectivity index (χ2v) is 4.60. The third kappa shape index (κ3) is 3.98. The average Bonchev–Trinajstić information content (AvgIpc) is 2.39. The highest BCUT2D eigenvalue weighted by Crippen LogP contribution is 2.27. The van der Waals surface area contributed by atoms with E-state index in [0.29, 0.717) is 21.3 Å². The lowest BCUT2D eigenvalue weighted by Gasteiger charge is -2.08. The van der Waals surface area contributed by atoms with Crippen LogP contribution in [0.3, 0.4) is 0 Å². The van der Waals surface area contributed by atoms with Crippen LogP contribution in [0.1, 0.15) is 0 Å². The summed E-state index contributed by atoms with van der Waals surface area (Å²) in [6.45, 7) is -1.41. The molecule has 0 saturated carbocycles. The smallest absolute Gasteiger partial charge is 0.422 e. The molecule has 0 unspecified atom stereocenters. The number of ether oxygens (including phenoxy) is 1. The van der Waals surface area contributed by atoms with Gasteiger partial charge in [-0.05, 0) is 18.2 Å². The van der Waals surface area contributed by atoms with E-state index in [-0.39, 0.29) is 5.88 Å². The number of alkyl halides is 3. The van der Waals surface area contributed by atoms with Gasteiger partial charge in [-0.1, -0.05) is 29.3 Å². The molecule has 20 heavy (non-hydrogen) atoms. The summed E-state index contributed by atoms with van der Waals surface area (Å²) < 4.78 is 40.4. The summed E-state index contributed by atoms with van der Waals surface area (Å²) >= 11 is 11.6. The zero-order valence-electron chi connectivity index (χ0n) is 9.79. The van der Waals surface area contributed by atoms with Crippen LogP contribution in [0.5, 0.6) is 5.88 Å². The lowest BCUT2D eigenvalue weighted by atomic mass is 10.1. The second kappa shape index (κ2) is 5.85. The van der Waals surface area contributed by atoms with E-state index in [2.05, 4.69) is 14.9 Å². The average molecular weight is 323 g/mol. The van der Waals surface area contributed by atoms with E-state index in [1.54, 1.807) is 18.2 Å². The van der Waals surface area contributed by atoms with Gasteiger partial charge in [0.15, 0.2) is 6.61 Å². The molecule has 3 nitrogen and oxygen atoms in total. The Bertz CT molecular complexity index is 603.